The van der Waals surface area contributed by atoms with Gasteiger partial charge in [0.25, 0.3) is 0 Å². The van der Waals surface area contributed by atoms with Crippen LogP contribution in [0.1, 0.15) is 25.7 Å². The Labute approximate surface area is 99.9 Å². The normalized spacial score (nSPS) is 17.6. The highest BCUT2D eigenvalue weighted by Crippen LogP contribution is 2.29. The largest absolute Gasteiger partial charge is 0.356 e. The molecule has 2 nitrogen and oxygen atoms in total. The van der Waals surface area contributed by atoms with Gasteiger partial charge in [-0.25, -0.2) is 4.98 Å². The van der Waals surface area contributed by atoms with Crippen molar-refractivity contribution >= 4 is 27.2 Å². The Kier molecular flexibility index (Phi) is 2.79. The van der Waals surface area contributed by atoms with Crippen LogP contribution in [0.15, 0.2) is 23.7 Å². The minimum atomic E-state index is 1.17. The van der Waals surface area contributed by atoms with Gasteiger partial charge in [-0.2, -0.15) is 0 Å². The average Bonchev–Trinajstić information content (AvgIpc) is 2.63. The fourth-order valence-electron chi connectivity index (χ4n) is 2.41. The van der Waals surface area contributed by atoms with Crippen molar-refractivity contribution in [3.05, 3.63) is 23.7 Å². The second-order valence-electron chi connectivity index (χ2n) is 4.37. The molecule has 2 aromatic rings. The lowest BCUT2D eigenvalue weighted by Gasteiger charge is -2.21. The van der Waals surface area contributed by atoms with Gasteiger partial charge in [0.1, 0.15) is 5.82 Å². The summed E-state index contributed by atoms with van der Waals surface area (Å²) < 4.78 is 1.36. The third-order valence-corrected chi connectivity index (χ3v) is 4.15. The molecule has 0 radical (unpaired) electrons. The Hall–Kier alpha value is -1.09. The lowest BCUT2D eigenvalue weighted by molar-refractivity contribution is 0.726. The van der Waals surface area contributed by atoms with E-state index < -0.39 is 0 Å². The van der Waals surface area contributed by atoms with E-state index >= 15 is 0 Å². The maximum Gasteiger partial charge on any atom is 0.137 e. The van der Waals surface area contributed by atoms with Crippen LogP contribution in [0.5, 0.6) is 0 Å². The van der Waals surface area contributed by atoms with Crippen LogP contribution in [0.25, 0.3) is 10.1 Å². The first kappa shape index (κ1) is 10.1. The predicted octanol–water partition coefficient (Wildman–Crippen LogP) is 3.68. The third kappa shape index (κ3) is 1.80. The maximum absolute atomic E-state index is 4.58. The molecule has 0 aliphatic carbocycles. The summed E-state index contributed by atoms with van der Waals surface area (Å²) in [6.45, 7) is 2.34. The maximum atomic E-state index is 4.58. The molecule has 3 rings (SSSR count). The molecule has 0 atom stereocenters. The van der Waals surface area contributed by atoms with Gasteiger partial charge in [-0.15, -0.1) is 11.3 Å². The van der Waals surface area contributed by atoms with Gasteiger partial charge >= 0.3 is 0 Å². The van der Waals surface area contributed by atoms with E-state index in [0.717, 1.165) is 0 Å². The molecule has 0 aromatic carbocycles. The number of pyridine rings is 1. The molecule has 84 valence electrons. The fourth-order valence-corrected chi connectivity index (χ4v) is 3.19. The average molecular weight is 232 g/mol. The third-order valence-electron chi connectivity index (χ3n) is 3.26. The Morgan fingerprint density at radius 2 is 1.88 bits per heavy atom. The van der Waals surface area contributed by atoms with Crippen molar-refractivity contribution in [2.45, 2.75) is 25.7 Å². The van der Waals surface area contributed by atoms with Crippen molar-refractivity contribution in [3.8, 4) is 0 Å². The van der Waals surface area contributed by atoms with Crippen LogP contribution in [0, 0.1) is 0 Å². The fraction of sp³-hybridized carbons (Fsp3) is 0.462. The molecule has 1 aliphatic rings. The Morgan fingerprint density at radius 3 is 2.69 bits per heavy atom. The highest BCUT2D eigenvalue weighted by Gasteiger charge is 2.13. The molecule has 0 unspecified atom stereocenters. The molecule has 0 saturated carbocycles. The number of nitrogens with zero attached hydrogens (tertiary/aromatic N) is 2. The van der Waals surface area contributed by atoms with E-state index in [-0.39, 0.29) is 0 Å². The molecule has 0 N–H and O–H groups in total. The lowest BCUT2D eigenvalue weighted by Crippen LogP contribution is -2.24. The van der Waals surface area contributed by atoms with E-state index in [1.54, 1.807) is 11.3 Å². The highest BCUT2D eigenvalue weighted by molar-refractivity contribution is 7.17. The van der Waals surface area contributed by atoms with Crippen LogP contribution in [-0.2, 0) is 0 Å². The minimum absolute atomic E-state index is 1.17. The van der Waals surface area contributed by atoms with Gasteiger partial charge in [0.15, 0.2) is 0 Å². The van der Waals surface area contributed by atoms with E-state index in [0.29, 0.717) is 0 Å². The minimum Gasteiger partial charge on any atom is -0.356 e. The first-order valence-electron chi connectivity index (χ1n) is 6.02. The summed E-state index contributed by atoms with van der Waals surface area (Å²) in [5.41, 5.74) is 0. The number of thiophene rings is 1. The quantitative estimate of drug-likeness (QED) is 0.745. The molecule has 2 aromatic heterocycles. The smallest absolute Gasteiger partial charge is 0.137 e. The zero-order chi connectivity index (χ0) is 10.8. The van der Waals surface area contributed by atoms with Crippen molar-refractivity contribution in [2.75, 3.05) is 18.0 Å². The summed E-state index contributed by atoms with van der Waals surface area (Å²) in [5, 5.41) is 3.49. The van der Waals surface area contributed by atoms with Crippen LogP contribution in [0.3, 0.4) is 0 Å². The van der Waals surface area contributed by atoms with Gasteiger partial charge in [-0.3, -0.25) is 0 Å². The van der Waals surface area contributed by atoms with E-state index in [4.69, 9.17) is 0 Å². The molecule has 1 aliphatic heterocycles. The Balaban J connectivity index is 2.00. The molecule has 1 fully saturated rings. The molecule has 16 heavy (non-hydrogen) atoms. The van der Waals surface area contributed by atoms with Crippen molar-refractivity contribution in [3.63, 3.8) is 0 Å². The second kappa shape index (κ2) is 4.42. The Morgan fingerprint density at radius 1 is 1.06 bits per heavy atom. The van der Waals surface area contributed by atoms with Crippen molar-refractivity contribution in [2.24, 2.45) is 0 Å². The lowest BCUT2D eigenvalue weighted by atomic mass is 10.2. The summed E-state index contributed by atoms with van der Waals surface area (Å²) in [6, 6.07) is 4.31. The summed E-state index contributed by atoms with van der Waals surface area (Å²) in [6.07, 6.45) is 7.30. The summed E-state index contributed by atoms with van der Waals surface area (Å²) in [7, 11) is 0. The summed E-state index contributed by atoms with van der Waals surface area (Å²) in [4.78, 5) is 7.04. The van der Waals surface area contributed by atoms with Crippen LogP contribution < -0.4 is 4.90 Å². The van der Waals surface area contributed by atoms with Gasteiger partial charge < -0.3 is 4.90 Å². The molecule has 3 heteroatoms. The van der Waals surface area contributed by atoms with Gasteiger partial charge in [0.2, 0.25) is 0 Å². The van der Waals surface area contributed by atoms with E-state index in [1.165, 1.54) is 54.7 Å². The number of hydrogen-bond donors (Lipinski definition) is 0. The van der Waals surface area contributed by atoms with Crippen LogP contribution in [0.4, 0.5) is 5.82 Å². The number of rotatable bonds is 1. The molecular weight excluding hydrogens is 216 g/mol. The van der Waals surface area contributed by atoms with Crippen LogP contribution in [0.2, 0.25) is 0 Å². The number of aromatic nitrogens is 1. The standard InChI is InChI=1S/C13H16N2S/c1-2-4-9-15(8-3-1)13-11-6-10-16-12(11)5-7-14-13/h5-7,10H,1-4,8-9H2. The van der Waals surface area contributed by atoms with Gasteiger partial charge in [-0.1, -0.05) is 12.8 Å². The SMILES string of the molecule is c1cc2sccc2c(N2CCCCCC2)n1. The zero-order valence-corrected chi connectivity index (χ0v) is 10.2. The van der Waals surface area contributed by atoms with E-state index in [2.05, 4.69) is 27.4 Å². The van der Waals surface area contributed by atoms with E-state index in [1.807, 2.05) is 6.20 Å². The van der Waals surface area contributed by atoms with Crippen LogP contribution in [-0.4, -0.2) is 18.1 Å². The van der Waals surface area contributed by atoms with Crippen molar-refractivity contribution in [1.82, 2.24) is 4.98 Å². The predicted molar refractivity (Wildman–Crippen MR) is 70.3 cm³/mol. The van der Waals surface area contributed by atoms with Gasteiger partial charge in [-0.05, 0) is 30.4 Å². The zero-order valence-electron chi connectivity index (χ0n) is 9.35. The monoisotopic (exact) mass is 232 g/mol. The second-order valence-corrected chi connectivity index (χ2v) is 5.32. The van der Waals surface area contributed by atoms with Gasteiger partial charge in [0, 0.05) is 29.4 Å². The van der Waals surface area contributed by atoms with Crippen LogP contribution >= 0.6 is 11.3 Å². The number of anilines is 1. The summed E-state index contributed by atoms with van der Waals surface area (Å²) in [5.74, 6) is 1.20. The molecule has 0 amide bonds. The molecule has 0 spiro atoms. The van der Waals surface area contributed by atoms with Gasteiger partial charge in [0.05, 0.1) is 0 Å². The molecular formula is C13H16N2S. The Bertz CT molecular complexity index is 469. The first-order valence-corrected chi connectivity index (χ1v) is 6.90. The van der Waals surface area contributed by atoms with Crippen molar-refractivity contribution in [1.29, 1.82) is 0 Å². The summed E-state index contributed by atoms with van der Waals surface area (Å²) >= 11 is 1.80. The van der Waals surface area contributed by atoms with E-state index in [9.17, 15) is 0 Å². The molecule has 0 bridgehead atoms. The first-order chi connectivity index (χ1) is 7.95. The molecule has 3 heterocycles. The number of hydrogen-bond acceptors (Lipinski definition) is 3. The number of fused-ring (bicyclic) bond motifs is 1. The van der Waals surface area contributed by atoms with Crippen molar-refractivity contribution < 1.29 is 0 Å². The molecule has 1 saturated heterocycles. The highest BCUT2D eigenvalue weighted by atomic mass is 32.1. The topological polar surface area (TPSA) is 16.1 Å².